The van der Waals surface area contributed by atoms with E-state index in [2.05, 4.69) is 0 Å². The lowest BCUT2D eigenvalue weighted by atomic mass is 9.87. The molecular formula is C19H10Cl2N2O3. The van der Waals surface area contributed by atoms with Crippen molar-refractivity contribution in [2.24, 2.45) is 5.73 Å². The molecule has 5 nitrogen and oxygen atoms in total. The van der Waals surface area contributed by atoms with Crippen LogP contribution in [0.2, 0.25) is 10.0 Å². The van der Waals surface area contributed by atoms with Crippen molar-refractivity contribution in [1.82, 2.24) is 0 Å². The second-order valence-electron chi connectivity index (χ2n) is 5.69. The highest BCUT2D eigenvalue weighted by molar-refractivity contribution is 6.42. The molecule has 1 aliphatic rings. The van der Waals surface area contributed by atoms with Gasteiger partial charge in [0.25, 0.3) is 0 Å². The molecule has 4 rings (SSSR count). The van der Waals surface area contributed by atoms with E-state index in [9.17, 15) is 10.1 Å². The maximum Gasteiger partial charge on any atom is 0.235 e. The Balaban J connectivity index is 2.10. The van der Waals surface area contributed by atoms with Gasteiger partial charge in [-0.25, -0.2) is 0 Å². The molecule has 1 unspecified atom stereocenters. The molecule has 3 aromatic rings. The van der Waals surface area contributed by atoms with E-state index in [1.54, 1.807) is 42.5 Å². The number of hydrogen-bond acceptors (Lipinski definition) is 5. The average molecular weight is 385 g/mol. The molecule has 1 aliphatic heterocycles. The second kappa shape index (κ2) is 6.10. The highest BCUT2D eigenvalue weighted by atomic mass is 35.5. The predicted octanol–water partition coefficient (Wildman–Crippen LogP) is 4.32. The van der Waals surface area contributed by atoms with Crippen molar-refractivity contribution in [3.63, 3.8) is 0 Å². The Labute approximate surface area is 157 Å². The van der Waals surface area contributed by atoms with Crippen LogP contribution in [0, 0.1) is 11.3 Å². The van der Waals surface area contributed by atoms with Crippen LogP contribution in [-0.2, 0) is 0 Å². The number of ether oxygens (including phenoxy) is 1. The van der Waals surface area contributed by atoms with E-state index in [0.717, 1.165) is 0 Å². The predicted molar refractivity (Wildman–Crippen MR) is 98.2 cm³/mol. The smallest absolute Gasteiger partial charge is 0.235 e. The Morgan fingerprint density at radius 2 is 1.88 bits per heavy atom. The number of rotatable bonds is 1. The molecule has 26 heavy (non-hydrogen) atoms. The van der Waals surface area contributed by atoms with Crippen LogP contribution in [0.5, 0.6) is 5.75 Å². The van der Waals surface area contributed by atoms with Crippen LogP contribution < -0.4 is 15.9 Å². The topological polar surface area (TPSA) is 89.2 Å². The molecule has 0 saturated carbocycles. The Morgan fingerprint density at radius 1 is 1.12 bits per heavy atom. The maximum absolute atomic E-state index is 12.8. The van der Waals surface area contributed by atoms with E-state index in [0.29, 0.717) is 21.6 Å². The van der Waals surface area contributed by atoms with Gasteiger partial charge in [0.05, 0.1) is 21.3 Å². The molecule has 2 aromatic carbocycles. The normalized spacial score (nSPS) is 16.1. The van der Waals surface area contributed by atoms with Crippen LogP contribution in [0.1, 0.15) is 17.2 Å². The highest BCUT2D eigenvalue weighted by Crippen LogP contribution is 2.45. The largest absolute Gasteiger partial charge is 0.456 e. The standard InChI is InChI=1S/C19H10Cl2N2O3/c20-12-6-3-5-10(15(12)21)14-11(8-22)19(23)26-18-16(24)9-4-1-2-7-13(9)25-17(14)18/h1-7,14H,23H2. The van der Waals surface area contributed by atoms with Gasteiger partial charge in [-0.2, -0.15) is 5.26 Å². The van der Waals surface area contributed by atoms with E-state index >= 15 is 0 Å². The molecule has 0 bridgehead atoms. The zero-order valence-electron chi connectivity index (χ0n) is 13.1. The summed E-state index contributed by atoms with van der Waals surface area (Å²) in [5.74, 6) is -0.847. The van der Waals surface area contributed by atoms with Gasteiger partial charge in [0, 0.05) is 0 Å². The number of nitrogens with two attached hydrogens (primary N) is 1. The maximum atomic E-state index is 12.8. The van der Waals surface area contributed by atoms with Crippen LogP contribution in [0.3, 0.4) is 0 Å². The van der Waals surface area contributed by atoms with Gasteiger partial charge in [-0.05, 0) is 23.8 Å². The van der Waals surface area contributed by atoms with Gasteiger partial charge in [0.15, 0.2) is 5.76 Å². The van der Waals surface area contributed by atoms with E-state index < -0.39 is 5.92 Å². The molecule has 2 heterocycles. The summed E-state index contributed by atoms with van der Waals surface area (Å²) in [6, 6.07) is 13.8. The number of hydrogen-bond donors (Lipinski definition) is 1. The molecule has 0 spiro atoms. The van der Waals surface area contributed by atoms with Gasteiger partial charge in [-0.3, -0.25) is 4.79 Å². The summed E-state index contributed by atoms with van der Waals surface area (Å²) >= 11 is 12.5. The Morgan fingerprint density at radius 3 is 2.65 bits per heavy atom. The molecule has 0 aliphatic carbocycles. The number of benzene rings is 2. The Bertz CT molecular complexity index is 1190. The van der Waals surface area contributed by atoms with Crippen LogP contribution in [0.4, 0.5) is 0 Å². The first kappa shape index (κ1) is 16.5. The molecule has 2 N–H and O–H groups in total. The molecule has 0 amide bonds. The number of nitriles is 1. The number of para-hydroxylation sites is 1. The first-order chi connectivity index (χ1) is 12.5. The van der Waals surface area contributed by atoms with Gasteiger partial charge in [0.1, 0.15) is 17.2 Å². The molecule has 7 heteroatoms. The van der Waals surface area contributed by atoms with Gasteiger partial charge < -0.3 is 14.9 Å². The summed E-state index contributed by atoms with van der Waals surface area (Å²) in [5, 5.41) is 10.5. The van der Waals surface area contributed by atoms with Crippen LogP contribution >= 0.6 is 23.2 Å². The SMILES string of the molecule is N#CC1=C(N)Oc2c(oc3ccccc3c2=O)C1c1cccc(Cl)c1Cl. The molecule has 1 aromatic heterocycles. The number of allylic oxidation sites excluding steroid dienone is 1. The fourth-order valence-electron chi connectivity index (χ4n) is 3.03. The van der Waals surface area contributed by atoms with Crippen molar-refractivity contribution in [3.8, 4) is 11.8 Å². The summed E-state index contributed by atoms with van der Waals surface area (Å²) in [5.41, 5.74) is 6.52. The Hall–Kier alpha value is -2.94. The lowest BCUT2D eigenvalue weighted by Crippen LogP contribution is -2.25. The zero-order chi connectivity index (χ0) is 18.4. The van der Waals surface area contributed by atoms with Gasteiger partial charge >= 0.3 is 0 Å². The van der Waals surface area contributed by atoms with Crippen molar-refractivity contribution < 1.29 is 9.15 Å². The summed E-state index contributed by atoms with van der Waals surface area (Å²) in [4.78, 5) is 12.8. The van der Waals surface area contributed by atoms with Gasteiger partial charge in [-0.15, -0.1) is 0 Å². The average Bonchev–Trinajstić information content (AvgIpc) is 2.64. The number of halogens is 2. The van der Waals surface area contributed by atoms with Crippen molar-refractivity contribution in [2.45, 2.75) is 5.92 Å². The quantitative estimate of drug-likeness (QED) is 0.674. The third-order valence-corrected chi connectivity index (χ3v) is 5.06. The second-order valence-corrected chi connectivity index (χ2v) is 6.47. The highest BCUT2D eigenvalue weighted by Gasteiger charge is 2.36. The minimum absolute atomic E-state index is 0.0544. The molecular weight excluding hydrogens is 375 g/mol. The molecule has 0 saturated heterocycles. The van der Waals surface area contributed by atoms with Crippen LogP contribution in [0.25, 0.3) is 11.0 Å². The minimum atomic E-state index is -0.799. The van der Waals surface area contributed by atoms with Crippen LogP contribution in [-0.4, -0.2) is 0 Å². The number of fused-ring (bicyclic) bond motifs is 2. The first-order valence-corrected chi connectivity index (χ1v) is 8.35. The number of nitrogens with zero attached hydrogens (tertiary/aromatic N) is 1. The van der Waals surface area contributed by atoms with Crippen molar-refractivity contribution in [1.29, 1.82) is 5.26 Å². The third-order valence-electron chi connectivity index (χ3n) is 4.22. The molecule has 0 fully saturated rings. The summed E-state index contributed by atoms with van der Waals surface area (Å²) < 4.78 is 11.4. The zero-order valence-corrected chi connectivity index (χ0v) is 14.6. The monoisotopic (exact) mass is 384 g/mol. The minimum Gasteiger partial charge on any atom is -0.456 e. The Kier molecular flexibility index (Phi) is 3.87. The van der Waals surface area contributed by atoms with Gasteiger partial charge in [-0.1, -0.05) is 47.5 Å². The van der Waals surface area contributed by atoms with Crippen molar-refractivity contribution in [3.05, 3.63) is 85.5 Å². The summed E-state index contributed by atoms with van der Waals surface area (Å²) in [7, 11) is 0. The molecule has 1 atom stereocenters. The van der Waals surface area contributed by atoms with E-state index in [1.165, 1.54) is 0 Å². The van der Waals surface area contributed by atoms with E-state index in [1.807, 2.05) is 6.07 Å². The fourth-order valence-corrected chi connectivity index (χ4v) is 3.44. The summed E-state index contributed by atoms with van der Waals surface area (Å²) in [6.07, 6.45) is 0. The molecule has 128 valence electrons. The first-order valence-electron chi connectivity index (χ1n) is 7.60. The van der Waals surface area contributed by atoms with Crippen molar-refractivity contribution >= 4 is 34.2 Å². The third kappa shape index (κ3) is 2.35. The fraction of sp³-hybridized carbons (Fsp3) is 0.0526. The summed E-state index contributed by atoms with van der Waals surface area (Å²) in [6.45, 7) is 0. The lowest BCUT2D eigenvalue weighted by Gasteiger charge is -2.25. The van der Waals surface area contributed by atoms with E-state index in [4.69, 9.17) is 38.1 Å². The van der Waals surface area contributed by atoms with Crippen LogP contribution in [0.15, 0.2) is 63.1 Å². The van der Waals surface area contributed by atoms with Gasteiger partial charge in [0.2, 0.25) is 17.1 Å². The lowest BCUT2D eigenvalue weighted by molar-refractivity contribution is 0.354. The van der Waals surface area contributed by atoms with E-state index in [-0.39, 0.29) is 33.4 Å². The van der Waals surface area contributed by atoms with Crippen molar-refractivity contribution in [2.75, 3.05) is 0 Å². The molecule has 0 radical (unpaired) electrons.